The number of amides is 1. The predicted molar refractivity (Wildman–Crippen MR) is 115 cm³/mol. The molecule has 0 fully saturated rings. The molecule has 1 aliphatic heterocycles. The van der Waals surface area contributed by atoms with Crippen molar-refractivity contribution in [3.05, 3.63) is 99.6 Å². The van der Waals surface area contributed by atoms with E-state index in [1.807, 2.05) is 18.2 Å². The van der Waals surface area contributed by atoms with Crippen molar-refractivity contribution in [3.8, 4) is 0 Å². The van der Waals surface area contributed by atoms with Gasteiger partial charge < -0.3 is 5.32 Å². The average Bonchev–Trinajstić information content (AvgIpc) is 2.75. The first-order valence-electron chi connectivity index (χ1n) is 9.86. The third-order valence-electron chi connectivity index (χ3n) is 5.37. The Hall–Kier alpha value is -2.83. The van der Waals surface area contributed by atoms with Crippen LogP contribution in [0.1, 0.15) is 32.6 Å². The fourth-order valence-corrected chi connectivity index (χ4v) is 3.87. The molecule has 31 heavy (non-hydrogen) atoms. The van der Waals surface area contributed by atoms with Crippen LogP contribution >= 0.6 is 11.6 Å². The van der Waals surface area contributed by atoms with Crippen molar-refractivity contribution < 1.29 is 18.0 Å². The number of fused-ring (bicyclic) bond motifs is 1. The molecule has 1 aliphatic rings. The monoisotopic (exact) mass is 444 g/mol. The van der Waals surface area contributed by atoms with Crippen LogP contribution < -0.4 is 5.32 Å². The van der Waals surface area contributed by atoms with Gasteiger partial charge in [-0.3, -0.25) is 9.69 Å². The summed E-state index contributed by atoms with van der Waals surface area (Å²) in [6.07, 6.45) is -3.50. The first-order chi connectivity index (χ1) is 14.8. The molecule has 160 valence electrons. The lowest BCUT2D eigenvalue weighted by atomic mass is 9.99. The maximum absolute atomic E-state index is 12.9. The van der Waals surface area contributed by atoms with Gasteiger partial charge >= 0.3 is 6.18 Å². The standard InChI is InChI=1S/C24H20ClF3N2O/c25-21-10-9-20(24(26,27)28)13-22(21)29-23(31)18-7-5-16(6-8-18)14-30-12-11-17-3-1-2-4-19(17)15-30/h1-10,13H,11-12,14-15H2,(H,29,31). The molecule has 0 radical (unpaired) electrons. The van der Waals surface area contributed by atoms with Gasteiger partial charge in [0.1, 0.15) is 0 Å². The summed E-state index contributed by atoms with van der Waals surface area (Å²) in [6.45, 7) is 2.61. The normalized spacial score (nSPS) is 14.2. The van der Waals surface area contributed by atoms with Crippen LogP contribution in [0.3, 0.4) is 0 Å². The second-order valence-corrected chi connectivity index (χ2v) is 7.98. The van der Waals surface area contributed by atoms with Crippen LogP contribution in [0.15, 0.2) is 66.7 Å². The zero-order valence-corrected chi connectivity index (χ0v) is 17.3. The van der Waals surface area contributed by atoms with Crippen LogP contribution in [0.5, 0.6) is 0 Å². The SMILES string of the molecule is O=C(Nc1cc(C(F)(F)F)ccc1Cl)c1ccc(CN2CCc3ccccc3C2)cc1. The van der Waals surface area contributed by atoms with Gasteiger partial charge in [0.25, 0.3) is 5.91 Å². The Balaban J connectivity index is 1.41. The molecule has 7 heteroatoms. The minimum absolute atomic E-state index is 0.0448. The number of hydrogen-bond donors (Lipinski definition) is 1. The summed E-state index contributed by atoms with van der Waals surface area (Å²) in [4.78, 5) is 14.9. The van der Waals surface area contributed by atoms with Gasteiger partial charge in [-0.25, -0.2) is 0 Å². The number of nitrogens with zero attached hydrogens (tertiary/aromatic N) is 1. The molecule has 0 atom stereocenters. The van der Waals surface area contributed by atoms with Crippen molar-refractivity contribution in [2.45, 2.75) is 25.7 Å². The highest BCUT2D eigenvalue weighted by Crippen LogP contribution is 2.34. The number of rotatable bonds is 4. The molecule has 0 saturated carbocycles. The molecular formula is C24H20ClF3N2O. The first kappa shape index (κ1) is 21.4. The van der Waals surface area contributed by atoms with E-state index in [9.17, 15) is 18.0 Å². The van der Waals surface area contributed by atoms with Crippen molar-refractivity contribution in [2.75, 3.05) is 11.9 Å². The van der Waals surface area contributed by atoms with Crippen LogP contribution in [-0.4, -0.2) is 17.4 Å². The van der Waals surface area contributed by atoms with Crippen molar-refractivity contribution in [3.63, 3.8) is 0 Å². The van der Waals surface area contributed by atoms with Crippen molar-refractivity contribution >= 4 is 23.2 Å². The van der Waals surface area contributed by atoms with Gasteiger partial charge in [0.15, 0.2) is 0 Å². The van der Waals surface area contributed by atoms with Crippen LogP contribution in [-0.2, 0) is 25.7 Å². The molecule has 1 heterocycles. The highest BCUT2D eigenvalue weighted by Gasteiger charge is 2.31. The Morgan fingerprint density at radius 1 is 1.00 bits per heavy atom. The molecular weight excluding hydrogens is 425 g/mol. The Kier molecular flexibility index (Phi) is 6.03. The second-order valence-electron chi connectivity index (χ2n) is 7.57. The summed E-state index contributed by atoms with van der Waals surface area (Å²) in [7, 11) is 0. The van der Waals surface area contributed by atoms with E-state index in [0.29, 0.717) is 5.56 Å². The van der Waals surface area contributed by atoms with E-state index in [1.54, 1.807) is 12.1 Å². The molecule has 0 bridgehead atoms. The Morgan fingerprint density at radius 3 is 2.42 bits per heavy atom. The van der Waals surface area contributed by atoms with E-state index in [0.717, 1.165) is 49.8 Å². The molecule has 0 aliphatic carbocycles. The second kappa shape index (κ2) is 8.73. The molecule has 0 saturated heterocycles. The smallest absolute Gasteiger partial charge is 0.321 e. The Bertz CT molecular complexity index is 1100. The zero-order chi connectivity index (χ0) is 22.0. The Labute approximate surface area is 183 Å². The zero-order valence-electron chi connectivity index (χ0n) is 16.5. The molecule has 4 rings (SSSR count). The minimum atomic E-state index is -4.51. The molecule has 3 aromatic carbocycles. The Morgan fingerprint density at radius 2 is 1.71 bits per heavy atom. The number of benzene rings is 3. The lowest BCUT2D eigenvalue weighted by molar-refractivity contribution is -0.137. The number of carbonyl (C=O) groups excluding carboxylic acids is 1. The maximum Gasteiger partial charge on any atom is 0.416 e. The molecule has 0 aromatic heterocycles. The van der Waals surface area contributed by atoms with Gasteiger partial charge in [-0.15, -0.1) is 0 Å². The summed E-state index contributed by atoms with van der Waals surface area (Å²) in [5, 5.41) is 2.51. The number of alkyl halides is 3. The van der Waals surface area contributed by atoms with E-state index >= 15 is 0 Å². The highest BCUT2D eigenvalue weighted by molar-refractivity contribution is 6.34. The third-order valence-corrected chi connectivity index (χ3v) is 5.70. The fraction of sp³-hybridized carbons (Fsp3) is 0.208. The van der Waals surface area contributed by atoms with Crippen molar-refractivity contribution in [1.29, 1.82) is 0 Å². The highest BCUT2D eigenvalue weighted by atomic mass is 35.5. The first-order valence-corrected chi connectivity index (χ1v) is 10.2. The number of nitrogens with one attached hydrogen (secondary N) is 1. The van der Waals surface area contributed by atoms with Gasteiger partial charge in [0.05, 0.1) is 16.3 Å². The van der Waals surface area contributed by atoms with Crippen LogP contribution in [0, 0.1) is 0 Å². The van der Waals surface area contributed by atoms with Gasteiger partial charge in [-0.2, -0.15) is 13.2 Å². The minimum Gasteiger partial charge on any atom is -0.321 e. The number of hydrogen-bond acceptors (Lipinski definition) is 2. The van der Waals surface area contributed by atoms with Gasteiger partial charge in [0, 0.05) is 25.2 Å². The number of carbonyl (C=O) groups is 1. The summed E-state index contributed by atoms with van der Waals surface area (Å²) >= 11 is 5.96. The predicted octanol–water partition coefficient (Wildman–Crippen LogP) is 6.17. The van der Waals surface area contributed by atoms with Crippen LogP contribution in [0.25, 0.3) is 0 Å². The summed E-state index contributed by atoms with van der Waals surface area (Å²) in [5.41, 5.74) is 3.19. The van der Waals surface area contributed by atoms with E-state index in [-0.39, 0.29) is 10.7 Å². The van der Waals surface area contributed by atoms with Crippen LogP contribution in [0.4, 0.5) is 18.9 Å². The average molecular weight is 445 g/mol. The van der Waals surface area contributed by atoms with E-state index in [1.165, 1.54) is 11.1 Å². The van der Waals surface area contributed by atoms with E-state index in [4.69, 9.17) is 11.6 Å². The lowest BCUT2D eigenvalue weighted by Gasteiger charge is -2.28. The number of anilines is 1. The van der Waals surface area contributed by atoms with Gasteiger partial charge in [-0.05, 0) is 53.4 Å². The fourth-order valence-electron chi connectivity index (χ4n) is 3.70. The molecule has 3 nitrogen and oxygen atoms in total. The quantitative estimate of drug-likeness (QED) is 0.522. The van der Waals surface area contributed by atoms with Gasteiger partial charge in [0.2, 0.25) is 0 Å². The largest absolute Gasteiger partial charge is 0.416 e. The molecule has 1 N–H and O–H groups in total. The van der Waals surface area contributed by atoms with E-state index < -0.39 is 17.6 Å². The topological polar surface area (TPSA) is 32.3 Å². The summed E-state index contributed by atoms with van der Waals surface area (Å²) < 4.78 is 38.8. The molecule has 0 unspecified atom stereocenters. The van der Waals surface area contributed by atoms with Crippen molar-refractivity contribution in [1.82, 2.24) is 4.90 Å². The lowest BCUT2D eigenvalue weighted by Crippen LogP contribution is -2.29. The molecule has 3 aromatic rings. The van der Waals surface area contributed by atoms with Gasteiger partial charge in [-0.1, -0.05) is 48.0 Å². The third kappa shape index (κ3) is 5.09. The maximum atomic E-state index is 12.9. The number of halogens is 4. The van der Waals surface area contributed by atoms with Crippen LogP contribution in [0.2, 0.25) is 5.02 Å². The molecule has 0 spiro atoms. The summed E-state index contributed by atoms with van der Waals surface area (Å²) in [6, 6.07) is 18.3. The van der Waals surface area contributed by atoms with E-state index in [2.05, 4.69) is 28.4 Å². The summed E-state index contributed by atoms with van der Waals surface area (Å²) in [5.74, 6) is -0.514. The van der Waals surface area contributed by atoms with Crippen molar-refractivity contribution in [2.24, 2.45) is 0 Å². The molecule has 1 amide bonds.